The molecule has 0 spiro atoms. The zero-order valence-electron chi connectivity index (χ0n) is 15.0. The van der Waals surface area contributed by atoms with Crippen LogP contribution in [0.5, 0.6) is 0 Å². The van der Waals surface area contributed by atoms with Gasteiger partial charge in [-0.1, -0.05) is 35.9 Å². The van der Waals surface area contributed by atoms with Crippen molar-refractivity contribution in [1.29, 1.82) is 0 Å². The molecule has 1 fully saturated rings. The lowest BCUT2D eigenvalue weighted by atomic mass is 9.83. The van der Waals surface area contributed by atoms with Crippen LogP contribution in [0.4, 0.5) is 13.2 Å². The normalized spacial score (nSPS) is 17.9. The summed E-state index contributed by atoms with van der Waals surface area (Å²) in [6, 6.07) is 13.4. The van der Waals surface area contributed by atoms with Crippen LogP contribution in [0.25, 0.3) is 11.0 Å². The zero-order chi connectivity index (χ0) is 19.9. The van der Waals surface area contributed by atoms with Crippen molar-refractivity contribution in [2.24, 2.45) is 0 Å². The third kappa shape index (κ3) is 3.77. The van der Waals surface area contributed by atoms with Crippen molar-refractivity contribution in [3.05, 3.63) is 70.4 Å². The highest BCUT2D eigenvalue weighted by Gasteiger charge is 2.38. The van der Waals surface area contributed by atoms with Crippen LogP contribution in [-0.4, -0.2) is 23.1 Å². The first-order valence-electron chi connectivity index (χ1n) is 9.04. The molecular formula is C21H19ClF3NO2. The van der Waals surface area contributed by atoms with Gasteiger partial charge in [0.15, 0.2) is 0 Å². The van der Waals surface area contributed by atoms with E-state index in [-0.39, 0.29) is 10.6 Å². The Morgan fingerprint density at radius 2 is 1.79 bits per heavy atom. The van der Waals surface area contributed by atoms with E-state index in [0.717, 1.165) is 22.8 Å². The first kappa shape index (κ1) is 19.3. The number of rotatable bonds is 3. The van der Waals surface area contributed by atoms with Gasteiger partial charge in [-0.05, 0) is 42.7 Å². The Hall–Kier alpha value is -2.02. The fourth-order valence-corrected chi connectivity index (χ4v) is 3.96. The van der Waals surface area contributed by atoms with Crippen molar-refractivity contribution >= 4 is 22.6 Å². The van der Waals surface area contributed by atoms with E-state index in [9.17, 15) is 18.3 Å². The van der Waals surface area contributed by atoms with Crippen molar-refractivity contribution < 1.29 is 22.7 Å². The lowest BCUT2D eigenvalue weighted by Crippen LogP contribution is -2.42. The van der Waals surface area contributed by atoms with Gasteiger partial charge in [-0.25, -0.2) is 0 Å². The Bertz CT molecular complexity index is 958. The summed E-state index contributed by atoms with van der Waals surface area (Å²) in [4.78, 5) is 2.13. The summed E-state index contributed by atoms with van der Waals surface area (Å²) in [6.07, 6.45) is -3.87. The van der Waals surface area contributed by atoms with Crippen molar-refractivity contribution in [2.45, 2.75) is 31.2 Å². The molecule has 28 heavy (non-hydrogen) atoms. The van der Waals surface area contributed by atoms with Crippen LogP contribution in [0.1, 0.15) is 29.7 Å². The SMILES string of the molecule is OC1(c2ccc(Cl)c(C(F)(F)F)c2)CCN(Cc2cc3ccccc3o2)CC1. The maximum Gasteiger partial charge on any atom is 0.417 e. The third-order valence-corrected chi connectivity index (χ3v) is 5.68. The molecule has 148 valence electrons. The predicted molar refractivity (Wildman–Crippen MR) is 101 cm³/mol. The van der Waals surface area contributed by atoms with Gasteiger partial charge in [0.25, 0.3) is 0 Å². The van der Waals surface area contributed by atoms with Gasteiger partial charge in [-0.3, -0.25) is 4.90 Å². The smallest absolute Gasteiger partial charge is 0.417 e. The minimum Gasteiger partial charge on any atom is -0.460 e. The maximum atomic E-state index is 13.1. The van der Waals surface area contributed by atoms with E-state index < -0.39 is 17.3 Å². The minimum absolute atomic E-state index is 0.257. The highest BCUT2D eigenvalue weighted by molar-refractivity contribution is 6.31. The topological polar surface area (TPSA) is 36.6 Å². The average molecular weight is 410 g/mol. The lowest BCUT2D eigenvalue weighted by Gasteiger charge is -2.38. The molecule has 1 aliphatic rings. The summed E-state index contributed by atoms with van der Waals surface area (Å²) in [5, 5.41) is 11.6. The van der Waals surface area contributed by atoms with Crippen LogP contribution in [0.2, 0.25) is 5.02 Å². The van der Waals surface area contributed by atoms with Crippen LogP contribution < -0.4 is 0 Å². The van der Waals surface area contributed by atoms with Crippen LogP contribution in [0.3, 0.4) is 0 Å². The summed E-state index contributed by atoms with van der Waals surface area (Å²) in [6.45, 7) is 1.70. The molecule has 0 unspecified atom stereocenters. The van der Waals surface area contributed by atoms with E-state index in [0.29, 0.717) is 32.5 Å². The Labute approximate surface area is 165 Å². The number of hydrogen-bond acceptors (Lipinski definition) is 3. The van der Waals surface area contributed by atoms with E-state index in [4.69, 9.17) is 16.0 Å². The van der Waals surface area contributed by atoms with Crippen LogP contribution in [0, 0.1) is 0 Å². The number of furan rings is 1. The van der Waals surface area contributed by atoms with Gasteiger partial charge < -0.3 is 9.52 Å². The summed E-state index contributed by atoms with van der Waals surface area (Å²) < 4.78 is 45.2. The molecule has 0 aliphatic carbocycles. The number of benzene rings is 2. The quantitative estimate of drug-likeness (QED) is 0.612. The second-order valence-corrected chi connectivity index (χ2v) is 7.66. The number of piperidine rings is 1. The molecule has 1 aliphatic heterocycles. The van der Waals surface area contributed by atoms with Crippen LogP contribution in [0.15, 0.2) is 52.9 Å². The predicted octanol–water partition coefficient (Wildman–Crippen LogP) is 5.59. The van der Waals surface area contributed by atoms with Gasteiger partial charge in [-0.2, -0.15) is 13.2 Å². The summed E-state index contributed by atoms with van der Waals surface area (Å²) in [7, 11) is 0. The molecule has 1 N–H and O–H groups in total. The molecule has 1 aromatic heterocycles. The van der Waals surface area contributed by atoms with Crippen LogP contribution in [-0.2, 0) is 18.3 Å². The van der Waals surface area contributed by atoms with Gasteiger partial charge in [-0.15, -0.1) is 0 Å². The molecule has 0 amide bonds. The molecular weight excluding hydrogens is 391 g/mol. The number of likely N-dealkylation sites (tertiary alicyclic amines) is 1. The van der Waals surface area contributed by atoms with Crippen molar-refractivity contribution in [3.8, 4) is 0 Å². The Morgan fingerprint density at radius 1 is 1.07 bits per heavy atom. The van der Waals surface area contributed by atoms with E-state index in [1.165, 1.54) is 12.1 Å². The first-order chi connectivity index (χ1) is 13.2. The highest BCUT2D eigenvalue weighted by Crippen LogP contribution is 2.40. The number of aliphatic hydroxyl groups is 1. The molecule has 7 heteroatoms. The average Bonchev–Trinajstić information content (AvgIpc) is 3.05. The van der Waals surface area contributed by atoms with E-state index in [2.05, 4.69) is 4.90 Å². The molecule has 3 nitrogen and oxygen atoms in total. The van der Waals surface area contributed by atoms with Crippen molar-refractivity contribution in [3.63, 3.8) is 0 Å². The van der Waals surface area contributed by atoms with Gasteiger partial charge in [0.2, 0.25) is 0 Å². The van der Waals surface area contributed by atoms with Gasteiger partial charge >= 0.3 is 6.18 Å². The number of hydrogen-bond donors (Lipinski definition) is 1. The molecule has 0 bridgehead atoms. The van der Waals surface area contributed by atoms with Crippen molar-refractivity contribution in [2.75, 3.05) is 13.1 Å². The third-order valence-electron chi connectivity index (χ3n) is 5.35. The van der Waals surface area contributed by atoms with E-state index in [1.807, 2.05) is 30.3 Å². The summed E-state index contributed by atoms with van der Waals surface area (Å²) in [5.74, 6) is 0.831. The number of fused-ring (bicyclic) bond motifs is 1. The van der Waals surface area contributed by atoms with Gasteiger partial charge in [0.05, 0.1) is 22.7 Å². The van der Waals surface area contributed by atoms with Crippen molar-refractivity contribution in [1.82, 2.24) is 4.90 Å². The number of nitrogens with zero attached hydrogens (tertiary/aromatic N) is 1. The number of alkyl halides is 3. The van der Waals surface area contributed by atoms with E-state index in [1.54, 1.807) is 0 Å². The highest BCUT2D eigenvalue weighted by atomic mass is 35.5. The second kappa shape index (κ2) is 7.10. The minimum atomic E-state index is -4.55. The molecule has 0 radical (unpaired) electrons. The Balaban J connectivity index is 1.47. The maximum absolute atomic E-state index is 13.1. The van der Waals surface area contributed by atoms with Crippen LogP contribution >= 0.6 is 11.6 Å². The summed E-state index contributed by atoms with van der Waals surface area (Å²) in [5.41, 5.74) is -1.13. The fraction of sp³-hybridized carbons (Fsp3) is 0.333. The molecule has 2 aromatic carbocycles. The number of para-hydroxylation sites is 1. The standard InChI is InChI=1S/C21H19ClF3NO2/c22-18-6-5-15(12-17(18)21(23,24)25)20(27)7-9-26(10-8-20)13-16-11-14-3-1-2-4-19(14)28-16/h1-6,11-12,27H,7-10,13H2. The Morgan fingerprint density at radius 3 is 2.46 bits per heavy atom. The summed E-state index contributed by atoms with van der Waals surface area (Å²) >= 11 is 5.69. The Kier molecular flexibility index (Phi) is 4.89. The van der Waals surface area contributed by atoms with E-state index >= 15 is 0 Å². The fourth-order valence-electron chi connectivity index (χ4n) is 3.74. The molecule has 1 saturated heterocycles. The second-order valence-electron chi connectivity index (χ2n) is 7.25. The van der Waals surface area contributed by atoms with Gasteiger partial charge in [0, 0.05) is 18.5 Å². The molecule has 4 rings (SSSR count). The monoisotopic (exact) mass is 409 g/mol. The zero-order valence-corrected chi connectivity index (χ0v) is 15.7. The molecule has 0 saturated carbocycles. The largest absolute Gasteiger partial charge is 0.460 e. The molecule has 0 atom stereocenters. The molecule has 2 heterocycles. The number of halogens is 4. The molecule has 3 aromatic rings. The lowest BCUT2D eigenvalue weighted by molar-refractivity contribution is -0.137. The van der Waals surface area contributed by atoms with Gasteiger partial charge in [0.1, 0.15) is 11.3 Å². The first-order valence-corrected chi connectivity index (χ1v) is 9.42.